The van der Waals surface area contributed by atoms with E-state index in [9.17, 15) is 0 Å². The van der Waals surface area contributed by atoms with Gasteiger partial charge < -0.3 is 9.88 Å². The minimum atomic E-state index is -0.605. The number of amidine groups is 1. The van der Waals surface area contributed by atoms with Gasteiger partial charge in [-0.2, -0.15) is 0 Å². The number of rotatable bonds is 5. The van der Waals surface area contributed by atoms with E-state index in [1.807, 2.05) is 6.07 Å². The number of hydrogen-bond donors (Lipinski definition) is 2. The molecule has 10 rings (SSSR count). The number of hydrogen-bond acceptors (Lipinski definition) is 3. The van der Waals surface area contributed by atoms with Crippen LogP contribution in [-0.4, -0.2) is 10.4 Å². The second-order valence-corrected chi connectivity index (χ2v) is 13.9. The van der Waals surface area contributed by atoms with Gasteiger partial charge in [0.05, 0.1) is 11.0 Å². The Morgan fingerprint density at radius 3 is 1.71 bits per heavy atom. The van der Waals surface area contributed by atoms with Crippen molar-refractivity contribution < 1.29 is 0 Å². The van der Waals surface area contributed by atoms with Crippen LogP contribution in [0.5, 0.6) is 0 Å². The number of fused-ring (bicyclic) bond motifs is 7. The molecule has 1 aromatic heterocycles. The van der Waals surface area contributed by atoms with E-state index in [0.717, 1.165) is 28.2 Å². The lowest BCUT2D eigenvalue weighted by molar-refractivity contribution is 0.277. The molecule has 0 bridgehead atoms. The molecule has 0 radical (unpaired) electrons. The fourth-order valence-corrected chi connectivity index (χ4v) is 8.08. The van der Waals surface area contributed by atoms with E-state index in [2.05, 4.69) is 198 Å². The molecule has 4 nitrogen and oxygen atoms in total. The average Bonchev–Trinajstić information content (AvgIpc) is 3.57. The molecule has 52 heavy (non-hydrogen) atoms. The van der Waals surface area contributed by atoms with Gasteiger partial charge in [-0.05, 0) is 81.1 Å². The van der Waals surface area contributed by atoms with Gasteiger partial charge in [-0.3, -0.25) is 5.32 Å². The molecular formula is C48H36N4. The van der Waals surface area contributed by atoms with E-state index in [1.165, 1.54) is 54.5 Å². The van der Waals surface area contributed by atoms with Gasteiger partial charge in [0, 0.05) is 22.0 Å². The average molecular weight is 669 g/mol. The Kier molecular flexibility index (Phi) is 7.05. The molecule has 0 fully saturated rings. The van der Waals surface area contributed by atoms with Crippen LogP contribution in [-0.2, 0) is 5.66 Å². The highest BCUT2D eigenvalue weighted by atomic mass is 15.3. The molecule has 248 valence electrons. The normalized spacial score (nSPS) is 17.4. The minimum absolute atomic E-state index is 0.260. The molecule has 2 atom stereocenters. The molecular weight excluding hydrogens is 633 g/mol. The molecule has 8 aromatic carbocycles. The maximum atomic E-state index is 5.24. The summed E-state index contributed by atoms with van der Waals surface area (Å²) in [4.78, 5) is 5.24. The summed E-state index contributed by atoms with van der Waals surface area (Å²) in [6.45, 7) is 2.21. The summed E-state index contributed by atoms with van der Waals surface area (Å²) < 4.78 is 2.42. The third-order valence-electron chi connectivity index (χ3n) is 10.7. The number of aliphatic imine (C=N–C) groups is 1. The van der Waals surface area contributed by atoms with E-state index in [-0.39, 0.29) is 6.17 Å². The van der Waals surface area contributed by atoms with Gasteiger partial charge in [0.15, 0.2) is 0 Å². The van der Waals surface area contributed by atoms with Gasteiger partial charge in [0.25, 0.3) is 0 Å². The summed E-state index contributed by atoms with van der Waals surface area (Å²) in [6.07, 6.45) is -0.260. The number of benzene rings is 8. The maximum Gasteiger partial charge on any atom is 0.132 e. The molecule has 0 saturated heterocycles. The zero-order chi connectivity index (χ0) is 34.6. The number of aromatic nitrogens is 1. The number of nitrogens with zero attached hydrogens (tertiary/aromatic N) is 2. The molecule has 0 amide bonds. The predicted octanol–water partition coefficient (Wildman–Crippen LogP) is 11.3. The summed E-state index contributed by atoms with van der Waals surface area (Å²) in [5.41, 5.74) is 8.58. The first kappa shape index (κ1) is 30.3. The Hall–Kier alpha value is -6.49. The second-order valence-electron chi connectivity index (χ2n) is 13.9. The lowest BCUT2D eigenvalue weighted by Crippen LogP contribution is -2.58. The molecule has 0 saturated carbocycles. The van der Waals surface area contributed by atoms with Gasteiger partial charge in [0.1, 0.15) is 17.7 Å². The molecule has 1 aliphatic heterocycles. The molecule has 2 N–H and O–H groups in total. The standard InChI is InChI=1S/C48H36N4/c1-48(50-46(35-17-6-3-7-18-35)49-47(51-48)37-20-12-19-36(31-37)32-13-4-2-5-14-32)38-25-27-39(28-26-38)52-42-29-23-33-15-8-10-21-40(33)44(42)45-41-22-11-9-16-34(41)24-30-43(45)52/h2-31,47,51H,1H3,(H,49,50). The summed E-state index contributed by atoms with van der Waals surface area (Å²) in [5, 5.41) is 15.3. The zero-order valence-electron chi connectivity index (χ0n) is 28.8. The van der Waals surface area contributed by atoms with E-state index >= 15 is 0 Å². The zero-order valence-corrected chi connectivity index (χ0v) is 28.8. The van der Waals surface area contributed by atoms with Crippen LogP contribution in [0.1, 0.15) is 29.8 Å². The van der Waals surface area contributed by atoms with Crippen molar-refractivity contribution in [2.75, 3.05) is 0 Å². The van der Waals surface area contributed by atoms with Crippen LogP contribution in [0.25, 0.3) is 60.2 Å². The van der Waals surface area contributed by atoms with Gasteiger partial charge in [-0.1, -0.05) is 152 Å². The Morgan fingerprint density at radius 1 is 0.519 bits per heavy atom. The topological polar surface area (TPSA) is 41.4 Å². The van der Waals surface area contributed by atoms with Crippen molar-refractivity contribution in [2.24, 2.45) is 4.99 Å². The Balaban J connectivity index is 1.09. The fourth-order valence-electron chi connectivity index (χ4n) is 8.08. The minimum Gasteiger partial charge on any atom is -0.348 e. The van der Waals surface area contributed by atoms with Crippen LogP contribution in [0, 0.1) is 0 Å². The summed E-state index contributed by atoms with van der Waals surface area (Å²) >= 11 is 0. The highest BCUT2D eigenvalue weighted by Crippen LogP contribution is 2.41. The monoisotopic (exact) mass is 668 g/mol. The summed E-state index contributed by atoms with van der Waals surface area (Å²) in [7, 11) is 0. The molecule has 0 aliphatic carbocycles. The predicted molar refractivity (Wildman–Crippen MR) is 217 cm³/mol. The molecule has 0 spiro atoms. The smallest absolute Gasteiger partial charge is 0.132 e. The van der Waals surface area contributed by atoms with Gasteiger partial charge in [-0.25, -0.2) is 4.99 Å². The lowest BCUT2D eigenvalue weighted by atomic mass is 9.96. The van der Waals surface area contributed by atoms with Crippen LogP contribution < -0.4 is 10.6 Å². The van der Waals surface area contributed by atoms with Crippen molar-refractivity contribution in [3.63, 3.8) is 0 Å². The van der Waals surface area contributed by atoms with E-state index in [4.69, 9.17) is 4.99 Å². The van der Waals surface area contributed by atoms with E-state index in [1.54, 1.807) is 0 Å². The van der Waals surface area contributed by atoms with Crippen molar-refractivity contribution >= 4 is 49.2 Å². The fraction of sp³-hybridized carbons (Fsp3) is 0.0625. The first-order valence-electron chi connectivity index (χ1n) is 17.9. The number of nitrogens with one attached hydrogen (secondary N) is 2. The second kappa shape index (κ2) is 12.1. The quantitative estimate of drug-likeness (QED) is 0.192. The van der Waals surface area contributed by atoms with Crippen molar-refractivity contribution in [1.29, 1.82) is 0 Å². The molecule has 2 heterocycles. The molecule has 4 heteroatoms. The van der Waals surface area contributed by atoms with Crippen LogP contribution in [0.4, 0.5) is 0 Å². The van der Waals surface area contributed by atoms with E-state index < -0.39 is 5.66 Å². The van der Waals surface area contributed by atoms with Crippen molar-refractivity contribution in [2.45, 2.75) is 18.8 Å². The first-order chi connectivity index (χ1) is 25.6. The first-order valence-corrected chi connectivity index (χ1v) is 17.9. The van der Waals surface area contributed by atoms with Crippen molar-refractivity contribution in [1.82, 2.24) is 15.2 Å². The summed E-state index contributed by atoms with van der Waals surface area (Å²) in [6, 6.07) is 65.2. The van der Waals surface area contributed by atoms with Gasteiger partial charge in [-0.15, -0.1) is 0 Å². The van der Waals surface area contributed by atoms with Crippen molar-refractivity contribution in [3.8, 4) is 16.8 Å². The van der Waals surface area contributed by atoms with Crippen molar-refractivity contribution in [3.05, 3.63) is 199 Å². The molecule has 1 aliphatic rings. The SMILES string of the molecule is CC1(c2ccc(-n3c4ccc5ccccc5c4c4c5ccccc5ccc43)cc2)NC(c2ccccc2)=NC(c2cccc(-c3ccccc3)c2)N1. The molecule has 9 aromatic rings. The van der Waals surface area contributed by atoms with E-state index in [0.29, 0.717) is 0 Å². The van der Waals surface area contributed by atoms with Crippen LogP contribution >= 0.6 is 0 Å². The van der Waals surface area contributed by atoms with Gasteiger partial charge in [0.2, 0.25) is 0 Å². The summed E-state index contributed by atoms with van der Waals surface area (Å²) in [5.74, 6) is 0.863. The van der Waals surface area contributed by atoms with Gasteiger partial charge >= 0.3 is 0 Å². The Morgan fingerprint density at radius 2 is 1.08 bits per heavy atom. The Bertz CT molecular complexity index is 2710. The third kappa shape index (κ3) is 4.99. The van der Waals surface area contributed by atoms with Crippen LogP contribution in [0.3, 0.4) is 0 Å². The largest absolute Gasteiger partial charge is 0.348 e. The highest BCUT2D eigenvalue weighted by Gasteiger charge is 2.35. The lowest BCUT2D eigenvalue weighted by Gasteiger charge is -2.41. The highest BCUT2D eigenvalue weighted by molar-refractivity contribution is 6.28. The maximum absolute atomic E-state index is 5.24. The van der Waals surface area contributed by atoms with Crippen LogP contribution in [0.2, 0.25) is 0 Å². The molecule has 2 unspecified atom stereocenters. The van der Waals surface area contributed by atoms with Crippen LogP contribution in [0.15, 0.2) is 187 Å². The third-order valence-corrected chi connectivity index (χ3v) is 10.7. The Labute approximate surface area is 302 Å².